The van der Waals surface area contributed by atoms with Crippen LogP contribution in [0.3, 0.4) is 0 Å². The van der Waals surface area contributed by atoms with Gasteiger partial charge in [-0.2, -0.15) is 0 Å². The van der Waals surface area contributed by atoms with Gasteiger partial charge < -0.3 is 15.5 Å². The van der Waals surface area contributed by atoms with Crippen molar-refractivity contribution >= 4 is 23.2 Å². The van der Waals surface area contributed by atoms with Gasteiger partial charge in [0.15, 0.2) is 0 Å². The molecule has 1 aromatic rings. The van der Waals surface area contributed by atoms with Gasteiger partial charge >= 0.3 is 0 Å². The SMILES string of the molecule is O=C(CCN1C[C@H]2CNC[C@H]2C1)Nc1ccccc1Cl. The zero-order chi connectivity index (χ0) is 13.9. The van der Waals surface area contributed by atoms with Crippen molar-refractivity contribution in [3.05, 3.63) is 29.3 Å². The van der Waals surface area contributed by atoms with E-state index >= 15 is 0 Å². The van der Waals surface area contributed by atoms with E-state index in [9.17, 15) is 4.79 Å². The third kappa shape index (κ3) is 3.14. The van der Waals surface area contributed by atoms with E-state index in [1.807, 2.05) is 18.2 Å². The number of anilines is 1. The number of rotatable bonds is 4. The monoisotopic (exact) mass is 293 g/mol. The first-order chi connectivity index (χ1) is 9.72. The zero-order valence-corrected chi connectivity index (χ0v) is 12.2. The highest BCUT2D eigenvalue weighted by Crippen LogP contribution is 2.26. The summed E-state index contributed by atoms with van der Waals surface area (Å²) in [5.41, 5.74) is 0.696. The molecule has 0 unspecified atom stereocenters. The number of benzene rings is 1. The van der Waals surface area contributed by atoms with Gasteiger partial charge in [0.1, 0.15) is 0 Å². The predicted molar refractivity (Wildman–Crippen MR) is 81.0 cm³/mol. The number of halogens is 1. The zero-order valence-electron chi connectivity index (χ0n) is 11.4. The lowest BCUT2D eigenvalue weighted by Gasteiger charge is -2.16. The molecule has 2 saturated heterocycles. The Morgan fingerprint density at radius 2 is 2.00 bits per heavy atom. The lowest BCUT2D eigenvalue weighted by atomic mass is 10.0. The van der Waals surface area contributed by atoms with Crippen LogP contribution in [0.4, 0.5) is 5.69 Å². The Balaban J connectivity index is 1.45. The molecule has 2 atom stereocenters. The maximum Gasteiger partial charge on any atom is 0.225 e. The van der Waals surface area contributed by atoms with Crippen molar-refractivity contribution < 1.29 is 4.79 Å². The number of hydrogen-bond donors (Lipinski definition) is 2. The van der Waals surface area contributed by atoms with E-state index in [0.717, 1.165) is 44.6 Å². The highest BCUT2D eigenvalue weighted by Gasteiger charge is 2.35. The van der Waals surface area contributed by atoms with Crippen molar-refractivity contribution in [1.82, 2.24) is 10.2 Å². The molecule has 0 aromatic heterocycles. The second-order valence-corrected chi connectivity index (χ2v) is 6.12. The largest absolute Gasteiger partial charge is 0.325 e. The van der Waals surface area contributed by atoms with Gasteiger partial charge in [0.2, 0.25) is 5.91 Å². The van der Waals surface area contributed by atoms with Crippen LogP contribution in [0.15, 0.2) is 24.3 Å². The molecule has 0 radical (unpaired) electrons. The van der Waals surface area contributed by atoms with Crippen molar-refractivity contribution in [1.29, 1.82) is 0 Å². The maximum atomic E-state index is 12.0. The van der Waals surface area contributed by atoms with Crippen LogP contribution < -0.4 is 10.6 Å². The average Bonchev–Trinajstić information content (AvgIpc) is 3.00. The Kier molecular flexibility index (Phi) is 4.24. The summed E-state index contributed by atoms with van der Waals surface area (Å²) in [4.78, 5) is 14.4. The topological polar surface area (TPSA) is 44.4 Å². The lowest BCUT2D eigenvalue weighted by molar-refractivity contribution is -0.116. The van der Waals surface area contributed by atoms with Crippen LogP contribution in [-0.2, 0) is 4.79 Å². The first-order valence-corrected chi connectivity index (χ1v) is 7.57. The summed E-state index contributed by atoms with van der Waals surface area (Å²) >= 11 is 6.03. The van der Waals surface area contributed by atoms with Crippen molar-refractivity contribution in [2.75, 3.05) is 38.0 Å². The summed E-state index contributed by atoms with van der Waals surface area (Å²) in [6, 6.07) is 7.34. The Bertz CT molecular complexity index is 482. The van der Waals surface area contributed by atoms with Gasteiger partial charge in [0.05, 0.1) is 10.7 Å². The summed E-state index contributed by atoms with van der Waals surface area (Å²) < 4.78 is 0. The Morgan fingerprint density at radius 1 is 1.30 bits per heavy atom. The van der Waals surface area contributed by atoms with Crippen LogP contribution in [0.1, 0.15) is 6.42 Å². The molecule has 3 rings (SSSR count). The Morgan fingerprint density at radius 3 is 2.70 bits per heavy atom. The molecule has 2 aliphatic rings. The van der Waals surface area contributed by atoms with Crippen LogP contribution in [0.25, 0.3) is 0 Å². The van der Waals surface area contributed by atoms with Gasteiger partial charge in [-0.25, -0.2) is 0 Å². The molecule has 0 spiro atoms. The summed E-state index contributed by atoms with van der Waals surface area (Å²) in [6.07, 6.45) is 0.526. The molecule has 20 heavy (non-hydrogen) atoms. The highest BCUT2D eigenvalue weighted by molar-refractivity contribution is 6.33. The fourth-order valence-corrected chi connectivity index (χ4v) is 3.35. The minimum Gasteiger partial charge on any atom is -0.325 e. The van der Waals surface area contributed by atoms with Gasteiger partial charge in [-0.3, -0.25) is 4.79 Å². The lowest BCUT2D eigenvalue weighted by Crippen LogP contribution is -2.29. The molecule has 1 aromatic carbocycles. The number of hydrogen-bond acceptors (Lipinski definition) is 3. The number of fused-ring (bicyclic) bond motifs is 1. The molecular weight excluding hydrogens is 274 g/mol. The number of nitrogens with one attached hydrogen (secondary N) is 2. The van der Waals surface area contributed by atoms with Gasteiger partial charge in [0.25, 0.3) is 0 Å². The summed E-state index contributed by atoms with van der Waals surface area (Å²) in [5.74, 6) is 1.59. The van der Waals surface area contributed by atoms with E-state index in [0.29, 0.717) is 17.1 Å². The molecule has 2 aliphatic heterocycles. The fraction of sp³-hybridized carbons (Fsp3) is 0.533. The van der Waals surface area contributed by atoms with Gasteiger partial charge in [-0.15, -0.1) is 0 Å². The number of carbonyl (C=O) groups excluding carboxylic acids is 1. The molecule has 2 heterocycles. The van der Waals surface area contributed by atoms with E-state index in [4.69, 9.17) is 11.6 Å². The summed E-state index contributed by atoms with van der Waals surface area (Å²) in [6.45, 7) is 5.34. The molecule has 4 nitrogen and oxygen atoms in total. The minimum atomic E-state index is 0.0354. The van der Waals surface area contributed by atoms with Crippen LogP contribution >= 0.6 is 11.6 Å². The minimum absolute atomic E-state index is 0.0354. The first-order valence-electron chi connectivity index (χ1n) is 7.20. The van der Waals surface area contributed by atoms with E-state index in [1.165, 1.54) is 0 Å². The summed E-state index contributed by atoms with van der Waals surface area (Å²) in [5, 5.41) is 6.89. The first kappa shape index (κ1) is 13.9. The molecule has 2 N–H and O–H groups in total. The maximum absolute atomic E-state index is 12.0. The van der Waals surface area contributed by atoms with Crippen molar-refractivity contribution in [3.63, 3.8) is 0 Å². The predicted octanol–water partition coefficient (Wildman–Crippen LogP) is 1.82. The van der Waals surface area contributed by atoms with Gasteiger partial charge in [-0.1, -0.05) is 23.7 Å². The second kappa shape index (κ2) is 6.12. The number of carbonyl (C=O) groups is 1. The van der Waals surface area contributed by atoms with E-state index < -0.39 is 0 Å². The Hall–Kier alpha value is -1.10. The molecule has 0 aliphatic carbocycles. The third-order valence-corrected chi connectivity index (χ3v) is 4.60. The molecule has 5 heteroatoms. The van der Waals surface area contributed by atoms with Crippen molar-refractivity contribution in [3.8, 4) is 0 Å². The molecular formula is C15H20ClN3O. The average molecular weight is 294 g/mol. The van der Waals surface area contributed by atoms with E-state index in [2.05, 4.69) is 15.5 Å². The Labute approximate surface area is 124 Å². The van der Waals surface area contributed by atoms with Crippen molar-refractivity contribution in [2.24, 2.45) is 11.8 Å². The van der Waals surface area contributed by atoms with Crippen LogP contribution in [-0.4, -0.2) is 43.5 Å². The smallest absolute Gasteiger partial charge is 0.225 e. The molecule has 2 fully saturated rings. The quantitative estimate of drug-likeness (QED) is 0.890. The fourth-order valence-electron chi connectivity index (χ4n) is 3.17. The number of para-hydroxylation sites is 1. The van der Waals surface area contributed by atoms with E-state index in [-0.39, 0.29) is 5.91 Å². The highest BCUT2D eigenvalue weighted by atomic mass is 35.5. The standard InChI is InChI=1S/C15H20ClN3O/c16-13-3-1-2-4-14(13)18-15(20)5-6-19-9-11-7-17-8-12(11)10-19/h1-4,11-12,17H,5-10H2,(H,18,20)/t11-,12+. The van der Waals surface area contributed by atoms with Crippen LogP contribution in [0.5, 0.6) is 0 Å². The van der Waals surface area contributed by atoms with Crippen LogP contribution in [0, 0.1) is 11.8 Å². The molecule has 108 valence electrons. The number of nitrogens with zero attached hydrogens (tertiary/aromatic N) is 1. The van der Waals surface area contributed by atoms with Gasteiger partial charge in [0, 0.05) is 26.1 Å². The third-order valence-electron chi connectivity index (χ3n) is 4.27. The number of likely N-dealkylation sites (tertiary alicyclic amines) is 1. The van der Waals surface area contributed by atoms with Crippen LogP contribution in [0.2, 0.25) is 5.02 Å². The second-order valence-electron chi connectivity index (χ2n) is 5.72. The normalized spacial score (nSPS) is 25.6. The summed E-state index contributed by atoms with van der Waals surface area (Å²) in [7, 11) is 0. The number of amides is 1. The van der Waals surface area contributed by atoms with Gasteiger partial charge in [-0.05, 0) is 37.1 Å². The van der Waals surface area contributed by atoms with E-state index in [1.54, 1.807) is 6.07 Å². The molecule has 0 bridgehead atoms. The molecule has 0 saturated carbocycles. The van der Waals surface area contributed by atoms with Crippen molar-refractivity contribution in [2.45, 2.75) is 6.42 Å². The molecule has 1 amide bonds.